The summed E-state index contributed by atoms with van der Waals surface area (Å²) in [6.45, 7) is 2.69. The zero-order valence-corrected chi connectivity index (χ0v) is 21.4. The van der Waals surface area contributed by atoms with E-state index in [2.05, 4.69) is 26.5 Å². The van der Waals surface area contributed by atoms with Crippen LogP contribution in [0.1, 0.15) is 28.6 Å². The molecule has 4 rings (SSSR count). The number of carbonyl (C=O) groups is 1. The smallest absolute Gasteiger partial charge is 0.307 e. The van der Waals surface area contributed by atoms with Gasteiger partial charge in [-0.1, -0.05) is 35.9 Å². The van der Waals surface area contributed by atoms with Gasteiger partial charge in [0, 0.05) is 10.4 Å². The molecule has 0 saturated carbocycles. The van der Waals surface area contributed by atoms with Crippen LogP contribution in [0.15, 0.2) is 74.7 Å². The summed E-state index contributed by atoms with van der Waals surface area (Å²) in [6, 6.07) is 18.1. The van der Waals surface area contributed by atoms with E-state index < -0.39 is 5.91 Å². The van der Waals surface area contributed by atoms with Crippen molar-refractivity contribution >= 4 is 50.6 Å². The van der Waals surface area contributed by atoms with Crippen molar-refractivity contribution in [3.8, 4) is 17.2 Å². The van der Waals surface area contributed by atoms with Crippen LogP contribution >= 0.6 is 27.5 Å². The molecule has 0 radical (unpaired) electrons. The molecule has 0 atom stereocenters. The first-order valence-electron chi connectivity index (χ1n) is 10.7. The molecule has 7 nitrogen and oxygen atoms in total. The van der Waals surface area contributed by atoms with E-state index in [1.165, 1.54) is 6.21 Å². The summed E-state index contributed by atoms with van der Waals surface area (Å²) in [5.74, 6) is 1.32. The van der Waals surface area contributed by atoms with Crippen LogP contribution in [0.5, 0.6) is 17.2 Å². The predicted molar refractivity (Wildman–Crippen MR) is 139 cm³/mol. The molecule has 1 amide bonds. The third-order valence-corrected chi connectivity index (χ3v) is 5.80. The van der Waals surface area contributed by atoms with Crippen LogP contribution < -0.4 is 19.6 Å². The van der Waals surface area contributed by atoms with Crippen LogP contribution in [0, 0.1) is 0 Å². The lowest BCUT2D eigenvalue weighted by Gasteiger charge is -2.14. The lowest BCUT2D eigenvalue weighted by Crippen LogP contribution is -2.16. The van der Waals surface area contributed by atoms with Crippen LogP contribution in [0.4, 0.5) is 0 Å². The zero-order valence-electron chi connectivity index (χ0n) is 19.0. The molecule has 9 heteroatoms. The van der Waals surface area contributed by atoms with Gasteiger partial charge in [0.2, 0.25) is 0 Å². The molecule has 1 aromatic heterocycles. The number of hydrogen-bond donors (Lipinski definition) is 1. The molecule has 1 N–H and O–H groups in total. The highest BCUT2D eigenvalue weighted by molar-refractivity contribution is 9.10. The molecular formula is C26H22BrClN2O5. The van der Waals surface area contributed by atoms with E-state index in [0.29, 0.717) is 51.1 Å². The van der Waals surface area contributed by atoms with Crippen molar-refractivity contribution in [3.63, 3.8) is 0 Å². The highest BCUT2D eigenvalue weighted by Gasteiger charge is 2.15. The van der Waals surface area contributed by atoms with Gasteiger partial charge in [-0.15, -0.1) is 0 Å². The van der Waals surface area contributed by atoms with E-state index in [1.54, 1.807) is 25.3 Å². The van der Waals surface area contributed by atoms with Crippen molar-refractivity contribution in [3.05, 3.63) is 87.0 Å². The first kappa shape index (κ1) is 24.6. The van der Waals surface area contributed by atoms with Gasteiger partial charge in [-0.25, -0.2) is 5.43 Å². The monoisotopic (exact) mass is 556 g/mol. The van der Waals surface area contributed by atoms with Gasteiger partial charge in [-0.3, -0.25) is 4.79 Å². The molecule has 35 heavy (non-hydrogen) atoms. The molecule has 0 unspecified atom stereocenters. The van der Waals surface area contributed by atoms with Crippen molar-refractivity contribution < 1.29 is 23.4 Å². The highest BCUT2D eigenvalue weighted by Crippen LogP contribution is 2.37. The first-order chi connectivity index (χ1) is 17.0. The van der Waals surface area contributed by atoms with Gasteiger partial charge in [-0.2, -0.15) is 5.10 Å². The molecule has 0 spiro atoms. The summed E-state index contributed by atoms with van der Waals surface area (Å²) >= 11 is 9.49. The fourth-order valence-electron chi connectivity index (χ4n) is 3.33. The van der Waals surface area contributed by atoms with E-state index in [4.69, 9.17) is 30.2 Å². The Hall–Kier alpha value is -3.49. The average molecular weight is 558 g/mol. The Morgan fingerprint density at radius 3 is 2.66 bits per heavy atom. The van der Waals surface area contributed by atoms with Crippen molar-refractivity contribution in [1.29, 1.82) is 0 Å². The van der Waals surface area contributed by atoms with Crippen molar-refractivity contribution in [2.75, 3.05) is 13.7 Å². The lowest BCUT2D eigenvalue weighted by atomic mass is 10.2. The van der Waals surface area contributed by atoms with Gasteiger partial charge < -0.3 is 18.6 Å². The van der Waals surface area contributed by atoms with Crippen molar-refractivity contribution in [1.82, 2.24) is 5.43 Å². The predicted octanol–water partition coefficient (Wildman–Crippen LogP) is 6.60. The molecule has 1 heterocycles. The van der Waals surface area contributed by atoms with Gasteiger partial charge >= 0.3 is 5.91 Å². The fourth-order valence-corrected chi connectivity index (χ4v) is 4.03. The second-order valence-electron chi connectivity index (χ2n) is 7.37. The number of benzene rings is 3. The van der Waals surface area contributed by atoms with E-state index in [9.17, 15) is 4.79 Å². The molecule has 0 saturated heterocycles. The van der Waals surface area contributed by atoms with E-state index >= 15 is 0 Å². The maximum atomic E-state index is 12.5. The van der Waals surface area contributed by atoms with Gasteiger partial charge in [-0.05, 0) is 70.4 Å². The van der Waals surface area contributed by atoms with Crippen LogP contribution in [-0.4, -0.2) is 25.8 Å². The topological polar surface area (TPSA) is 82.3 Å². The third kappa shape index (κ3) is 5.96. The van der Waals surface area contributed by atoms with Crippen LogP contribution in [0.2, 0.25) is 5.02 Å². The summed E-state index contributed by atoms with van der Waals surface area (Å²) in [6.07, 6.45) is 1.51. The Balaban J connectivity index is 1.47. The van der Waals surface area contributed by atoms with Crippen LogP contribution in [-0.2, 0) is 6.61 Å². The number of nitrogens with one attached hydrogen (secondary N) is 1. The number of para-hydroxylation sites is 1. The number of hydrogen-bond acceptors (Lipinski definition) is 6. The number of rotatable bonds is 9. The zero-order chi connectivity index (χ0) is 24.8. The van der Waals surface area contributed by atoms with Crippen LogP contribution in [0.25, 0.3) is 11.0 Å². The fraction of sp³-hybridized carbons (Fsp3) is 0.154. The number of hydrazone groups is 1. The van der Waals surface area contributed by atoms with Crippen LogP contribution in [0.3, 0.4) is 0 Å². The maximum absolute atomic E-state index is 12.5. The minimum Gasteiger partial charge on any atom is -0.493 e. The first-order valence-corrected chi connectivity index (χ1v) is 11.9. The van der Waals surface area contributed by atoms with E-state index in [-0.39, 0.29) is 5.76 Å². The summed E-state index contributed by atoms with van der Waals surface area (Å²) in [4.78, 5) is 12.5. The van der Waals surface area contributed by atoms with Gasteiger partial charge in [0.15, 0.2) is 28.6 Å². The second kappa shape index (κ2) is 11.3. The van der Waals surface area contributed by atoms with Gasteiger partial charge in [0.25, 0.3) is 0 Å². The molecule has 4 aromatic rings. The summed E-state index contributed by atoms with van der Waals surface area (Å²) in [7, 11) is 1.55. The number of halogens is 2. The number of methoxy groups -OCH3 is 1. The Morgan fingerprint density at radius 2 is 1.91 bits per heavy atom. The quantitative estimate of drug-likeness (QED) is 0.185. The number of nitrogens with zero attached hydrogens (tertiary/aromatic N) is 1. The number of ether oxygens (including phenoxy) is 3. The SMILES string of the molecule is CCOc1cc(/C=N\NC(=O)c2cc3cccc(OC)c3o2)cc(Br)c1OCc1ccc(Cl)cc1. The number of furan rings is 1. The van der Waals surface area contributed by atoms with Gasteiger partial charge in [0.1, 0.15) is 6.61 Å². The number of amides is 1. The molecule has 0 aliphatic carbocycles. The Labute approximate surface area is 215 Å². The molecule has 3 aromatic carbocycles. The standard InChI is InChI=1S/C26H22BrClN2O5/c1-3-33-22-12-17(11-20(27)25(22)34-15-16-7-9-19(28)10-8-16)14-29-30-26(31)23-13-18-5-4-6-21(32-2)24(18)35-23/h4-14H,3,15H2,1-2H3,(H,30,31)/b29-14-. The Kier molecular flexibility index (Phi) is 7.94. The second-order valence-corrected chi connectivity index (χ2v) is 8.66. The lowest BCUT2D eigenvalue weighted by molar-refractivity contribution is 0.0929. The molecule has 0 fully saturated rings. The molecule has 0 aliphatic rings. The Morgan fingerprint density at radius 1 is 1.11 bits per heavy atom. The van der Waals surface area contributed by atoms with E-state index in [0.717, 1.165) is 10.9 Å². The Bertz CT molecular complexity index is 1370. The normalized spacial score (nSPS) is 11.1. The summed E-state index contributed by atoms with van der Waals surface area (Å²) in [5.41, 5.74) is 4.66. The number of fused-ring (bicyclic) bond motifs is 1. The molecular weight excluding hydrogens is 536 g/mol. The number of carbonyl (C=O) groups excluding carboxylic acids is 1. The van der Waals surface area contributed by atoms with Crippen molar-refractivity contribution in [2.45, 2.75) is 13.5 Å². The maximum Gasteiger partial charge on any atom is 0.307 e. The minimum absolute atomic E-state index is 0.129. The summed E-state index contributed by atoms with van der Waals surface area (Å²) in [5, 5.41) is 5.49. The average Bonchev–Trinajstić information content (AvgIpc) is 3.29. The van der Waals surface area contributed by atoms with Gasteiger partial charge in [0.05, 0.1) is 24.4 Å². The van der Waals surface area contributed by atoms with E-state index in [1.807, 2.05) is 49.4 Å². The largest absolute Gasteiger partial charge is 0.493 e. The molecule has 180 valence electrons. The molecule has 0 bridgehead atoms. The highest BCUT2D eigenvalue weighted by atomic mass is 79.9. The third-order valence-electron chi connectivity index (χ3n) is 4.96. The summed E-state index contributed by atoms with van der Waals surface area (Å²) < 4.78 is 23.4. The minimum atomic E-state index is -0.480. The molecule has 0 aliphatic heterocycles. The van der Waals surface area contributed by atoms with Crippen molar-refractivity contribution in [2.24, 2.45) is 5.10 Å².